The average molecular weight is 492 g/mol. The van der Waals surface area contributed by atoms with E-state index in [-0.39, 0.29) is 5.57 Å². The van der Waals surface area contributed by atoms with E-state index in [1.807, 2.05) is 44.2 Å². The summed E-state index contributed by atoms with van der Waals surface area (Å²) in [6.45, 7) is 8.18. The predicted octanol–water partition coefficient (Wildman–Crippen LogP) is 6.43. The Morgan fingerprint density at radius 2 is 1.54 bits per heavy atom. The molecule has 3 aromatic carbocycles. The first-order valence-electron chi connectivity index (χ1n) is 12.5. The molecule has 37 heavy (non-hydrogen) atoms. The van der Waals surface area contributed by atoms with Crippen LogP contribution in [0.25, 0.3) is 22.5 Å². The van der Waals surface area contributed by atoms with Crippen LogP contribution in [0, 0.1) is 13.8 Å². The molecule has 0 spiro atoms. The highest BCUT2D eigenvalue weighted by Gasteiger charge is 2.37. The molecule has 1 fully saturated rings. The van der Waals surface area contributed by atoms with Crippen molar-refractivity contribution in [2.45, 2.75) is 40.0 Å². The summed E-state index contributed by atoms with van der Waals surface area (Å²) in [5.74, 6) is -0.964. The summed E-state index contributed by atoms with van der Waals surface area (Å²) in [6, 6.07) is 23.0. The van der Waals surface area contributed by atoms with E-state index in [0.717, 1.165) is 50.3 Å². The zero-order chi connectivity index (χ0) is 26.3. The number of nitrogens with zero attached hydrogens (tertiary/aromatic N) is 2. The Hall–Kier alpha value is -4.45. The van der Waals surface area contributed by atoms with Gasteiger partial charge in [-0.05, 0) is 84.5 Å². The van der Waals surface area contributed by atoms with Crippen molar-refractivity contribution in [1.82, 2.24) is 9.88 Å². The molecule has 1 aromatic heterocycles. The van der Waals surface area contributed by atoms with Gasteiger partial charge < -0.3 is 4.57 Å². The largest absolute Gasteiger partial charge is 0.335 e. The van der Waals surface area contributed by atoms with Crippen molar-refractivity contribution in [2.75, 3.05) is 4.90 Å². The van der Waals surface area contributed by atoms with Crippen molar-refractivity contribution in [3.8, 4) is 5.69 Å². The number of carbonyl (C=O) groups is 3. The first kappa shape index (κ1) is 24.3. The third-order valence-corrected chi connectivity index (χ3v) is 7.20. The highest BCUT2D eigenvalue weighted by molar-refractivity contribution is 6.39. The lowest BCUT2D eigenvalue weighted by Gasteiger charge is -2.26. The Bertz CT molecular complexity index is 1580. The lowest BCUT2D eigenvalue weighted by Crippen LogP contribution is -2.54. The van der Waals surface area contributed by atoms with Crippen LogP contribution in [0.15, 0.2) is 78.4 Å². The molecule has 5 rings (SSSR count). The van der Waals surface area contributed by atoms with Gasteiger partial charge in [-0.2, -0.15) is 0 Å². The maximum atomic E-state index is 13.4. The Morgan fingerprint density at radius 1 is 0.865 bits per heavy atom. The molecular formula is C31H29N3O3. The zero-order valence-electron chi connectivity index (χ0n) is 21.4. The molecule has 186 valence electrons. The van der Waals surface area contributed by atoms with Gasteiger partial charge in [-0.25, -0.2) is 9.69 Å². The van der Waals surface area contributed by atoms with E-state index >= 15 is 0 Å². The zero-order valence-corrected chi connectivity index (χ0v) is 21.4. The maximum absolute atomic E-state index is 13.4. The molecule has 1 unspecified atom stereocenters. The third kappa shape index (κ3) is 4.35. The van der Waals surface area contributed by atoms with Gasteiger partial charge in [-0.3, -0.25) is 14.9 Å². The molecule has 1 atom stereocenters. The summed E-state index contributed by atoms with van der Waals surface area (Å²) in [6.07, 6.45) is 2.56. The quantitative estimate of drug-likeness (QED) is 0.258. The van der Waals surface area contributed by atoms with Crippen molar-refractivity contribution >= 4 is 40.4 Å². The van der Waals surface area contributed by atoms with Crippen LogP contribution in [0.1, 0.15) is 48.7 Å². The standard InChI is InChI=1S/C31H29N3O3/c1-5-19(2)22-10-13-26(14-11-22)34-30(36)28(29(35)32-31(34)37)18-25-16-20(3)33(21(25)4)27-15-12-23-8-6-7-9-24(23)17-27/h6-19H,5H2,1-4H3,(H,32,35,37)/b28-18+. The molecule has 6 nitrogen and oxygen atoms in total. The Balaban J connectivity index is 1.51. The lowest BCUT2D eigenvalue weighted by atomic mass is 9.98. The Kier molecular flexibility index (Phi) is 6.25. The van der Waals surface area contributed by atoms with Crippen LogP contribution in [-0.2, 0) is 9.59 Å². The summed E-state index contributed by atoms with van der Waals surface area (Å²) in [5.41, 5.74) is 5.07. The fraction of sp³-hybridized carbons (Fsp3) is 0.194. The molecule has 4 aromatic rings. The van der Waals surface area contributed by atoms with E-state index in [1.165, 1.54) is 0 Å². The molecular weight excluding hydrogens is 462 g/mol. The number of fused-ring (bicyclic) bond motifs is 1. The molecule has 0 saturated carbocycles. The Labute approximate surface area is 216 Å². The number of urea groups is 1. The van der Waals surface area contributed by atoms with Crippen LogP contribution in [0.2, 0.25) is 0 Å². The predicted molar refractivity (Wildman–Crippen MR) is 147 cm³/mol. The van der Waals surface area contributed by atoms with Gasteiger partial charge in [0.25, 0.3) is 11.8 Å². The van der Waals surface area contributed by atoms with Crippen LogP contribution in [0.4, 0.5) is 10.5 Å². The number of rotatable bonds is 5. The number of imide groups is 2. The summed E-state index contributed by atoms with van der Waals surface area (Å²) in [7, 11) is 0. The van der Waals surface area contributed by atoms with E-state index in [4.69, 9.17) is 0 Å². The van der Waals surface area contributed by atoms with Crippen molar-refractivity contribution < 1.29 is 14.4 Å². The van der Waals surface area contributed by atoms with Crippen molar-refractivity contribution in [2.24, 2.45) is 0 Å². The number of benzene rings is 3. The number of nitrogens with one attached hydrogen (secondary N) is 1. The lowest BCUT2D eigenvalue weighted by molar-refractivity contribution is -0.122. The minimum absolute atomic E-state index is 0.0793. The number of hydrogen-bond acceptors (Lipinski definition) is 3. The Morgan fingerprint density at radius 3 is 2.24 bits per heavy atom. The molecule has 4 amide bonds. The van der Waals surface area contributed by atoms with Gasteiger partial charge in [0.05, 0.1) is 5.69 Å². The number of hydrogen-bond donors (Lipinski definition) is 1. The summed E-state index contributed by atoms with van der Waals surface area (Å²) < 4.78 is 2.10. The van der Waals surface area contributed by atoms with E-state index in [2.05, 4.69) is 54.1 Å². The minimum atomic E-state index is -0.745. The van der Waals surface area contributed by atoms with Crippen molar-refractivity contribution in [3.05, 3.63) is 101 Å². The maximum Gasteiger partial charge on any atom is 0.335 e. The number of aryl methyl sites for hydroxylation is 1. The fourth-order valence-corrected chi connectivity index (χ4v) is 4.88. The first-order chi connectivity index (χ1) is 17.8. The van der Waals surface area contributed by atoms with E-state index in [0.29, 0.717) is 11.6 Å². The molecule has 0 bridgehead atoms. The van der Waals surface area contributed by atoms with Crippen molar-refractivity contribution in [1.29, 1.82) is 0 Å². The molecule has 0 radical (unpaired) electrons. The van der Waals surface area contributed by atoms with Gasteiger partial charge in [0, 0.05) is 17.1 Å². The van der Waals surface area contributed by atoms with Gasteiger partial charge in [-0.1, -0.05) is 56.3 Å². The summed E-state index contributed by atoms with van der Waals surface area (Å²) in [5, 5.41) is 4.60. The van der Waals surface area contributed by atoms with E-state index in [9.17, 15) is 14.4 Å². The van der Waals surface area contributed by atoms with Crippen LogP contribution in [-0.4, -0.2) is 22.4 Å². The number of barbiturate groups is 1. The van der Waals surface area contributed by atoms with Gasteiger partial charge in [0.1, 0.15) is 5.57 Å². The van der Waals surface area contributed by atoms with Crippen LogP contribution in [0.5, 0.6) is 0 Å². The van der Waals surface area contributed by atoms with E-state index in [1.54, 1.807) is 18.2 Å². The second-order valence-electron chi connectivity index (χ2n) is 9.55. The summed E-state index contributed by atoms with van der Waals surface area (Å²) in [4.78, 5) is 39.8. The van der Waals surface area contributed by atoms with Crippen LogP contribution >= 0.6 is 0 Å². The van der Waals surface area contributed by atoms with Gasteiger partial charge >= 0.3 is 6.03 Å². The number of amides is 4. The third-order valence-electron chi connectivity index (χ3n) is 7.20. The topological polar surface area (TPSA) is 71.4 Å². The second kappa shape index (κ2) is 9.54. The van der Waals surface area contributed by atoms with Gasteiger partial charge in [0.15, 0.2) is 0 Å². The molecule has 1 aliphatic heterocycles. The van der Waals surface area contributed by atoms with Crippen LogP contribution < -0.4 is 10.2 Å². The number of anilines is 1. The van der Waals surface area contributed by atoms with Crippen molar-refractivity contribution in [3.63, 3.8) is 0 Å². The molecule has 2 heterocycles. The molecule has 1 N–H and O–H groups in total. The molecule has 6 heteroatoms. The highest BCUT2D eigenvalue weighted by Crippen LogP contribution is 2.28. The summed E-state index contributed by atoms with van der Waals surface area (Å²) >= 11 is 0. The van der Waals surface area contributed by atoms with Gasteiger partial charge in [0.2, 0.25) is 0 Å². The van der Waals surface area contributed by atoms with Crippen LogP contribution in [0.3, 0.4) is 0 Å². The normalized spacial score (nSPS) is 15.9. The first-order valence-corrected chi connectivity index (χ1v) is 12.5. The minimum Gasteiger partial charge on any atom is -0.318 e. The number of aromatic nitrogens is 1. The molecule has 1 aliphatic rings. The van der Waals surface area contributed by atoms with Gasteiger partial charge in [-0.15, -0.1) is 0 Å². The highest BCUT2D eigenvalue weighted by atomic mass is 16.2. The molecule has 1 saturated heterocycles. The fourth-order valence-electron chi connectivity index (χ4n) is 4.88. The number of carbonyl (C=O) groups excluding carboxylic acids is 3. The monoisotopic (exact) mass is 491 g/mol. The SMILES string of the molecule is CCC(C)c1ccc(N2C(=O)NC(=O)/C(=C\c3cc(C)n(-c4ccc5ccccc5c4)c3C)C2=O)cc1. The van der Waals surface area contributed by atoms with E-state index < -0.39 is 17.8 Å². The smallest absolute Gasteiger partial charge is 0.318 e. The average Bonchev–Trinajstić information content (AvgIpc) is 3.18. The second-order valence-corrected chi connectivity index (χ2v) is 9.55. The molecule has 0 aliphatic carbocycles.